The molecule has 15 heavy (non-hydrogen) atoms. The average molecular weight is 230 g/mol. The molecule has 0 spiro atoms. The van der Waals surface area contributed by atoms with E-state index in [-0.39, 0.29) is 6.04 Å². The van der Waals surface area contributed by atoms with Crippen LogP contribution in [0.5, 0.6) is 11.5 Å². The summed E-state index contributed by atoms with van der Waals surface area (Å²) in [7, 11) is 3.21. The van der Waals surface area contributed by atoms with Crippen LogP contribution in [-0.2, 0) is 6.42 Å². The van der Waals surface area contributed by atoms with Gasteiger partial charge >= 0.3 is 0 Å². The van der Waals surface area contributed by atoms with Crippen LogP contribution in [0.2, 0.25) is 5.02 Å². The first-order valence-corrected chi connectivity index (χ1v) is 5.12. The zero-order valence-corrected chi connectivity index (χ0v) is 9.97. The highest BCUT2D eigenvalue weighted by molar-refractivity contribution is 6.32. The highest BCUT2D eigenvalue weighted by Crippen LogP contribution is 2.35. The van der Waals surface area contributed by atoms with Crippen LogP contribution in [-0.4, -0.2) is 20.3 Å². The number of hydrogen-bond acceptors (Lipinski definition) is 3. The van der Waals surface area contributed by atoms with Gasteiger partial charge in [0.1, 0.15) is 11.5 Å². The third-order valence-electron chi connectivity index (χ3n) is 2.12. The van der Waals surface area contributed by atoms with Gasteiger partial charge in [-0.3, -0.25) is 0 Å². The molecule has 0 saturated carbocycles. The maximum absolute atomic E-state index is 6.02. The lowest BCUT2D eigenvalue weighted by molar-refractivity contribution is 0.383. The largest absolute Gasteiger partial charge is 0.496 e. The van der Waals surface area contributed by atoms with Gasteiger partial charge in [-0.25, -0.2) is 0 Å². The Labute approximate surface area is 95.1 Å². The molecule has 0 fully saturated rings. The molecular weight excluding hydrogens is 214 g/mol. The zero-order valence-electron chi connectivity index (χ0n) is 9.21. The Bertz CT molecular complexity index is 340. The number of hydrogen-bond donors (Lipinski definition) is 1. The third-order valence-corrected chi connectivity index (χ3v) is 2.42. The predicted octanol–water partition coefficient (Wildman–Crippen LogP) is 2.25. The zero-order chi connectivity index (χ0) is 11.4. The highest BCUT2D eigenvalue weighted by atomic mass is 35.5. The van der Waals surface area contributed by atoms with Crippen LogP contribution in [0.25, 0.3) is 0 Å². The fourth-order valence-electron chi connectivity index (χ4n) is 1.51. The quantitative estimate of drug-likeness (QED) is 0.861. The van der Waals surface area contributed by atoms with Crippen LogP contribution < -0.4 is 15.2 Å². The fourth-order valence-corrected chi connectivity index (χ4v) is 1.76. The molecule has 84 valence electrons. The van der Waals surface area contributed by atoms with Crippen LogP contribution in [0.15, 0.2) is 12.1 Å². The van der Waals surface area contributed by atoms with Crippen molar-refractivity contribution in [3.05, 3.63) is 22.7 Å². The summed E-state index contributed by atoms with van der Waals surface area (Å²) in [5.41, 5.74) is 6.69. The minimum Gasteiger partial charge on any atom is -0.496 e. The van der Waals surface area contributed by atoms with Crippen molar-refractivity contribution in [2.75, 3.05) is 14.2 Å². The molecular formula is C11H16ClNO2. The van der Waals surface area contributed by atoms with Gasteiger partial charge in [0.05, 0.1) is 19.2 Å². The summed E-state index contributed by atoms with van der Waals surface area (Å²) in [6, 6.07) is 3.61. The van der Waals surface area contributed by atoms with E-state index in [0.717, 1.165) is 11.3 Å². The van der Waals surface area contributed by atoms with Crippen LogP contribution in [0, 0.1) is 0 Å². The lowest BCUT2D eigenvalue weighted by atomic mass is 10.1. The van der Waals surface area contributed by atoms with Crippen molar-refractivity contribution in [2.45, 2.75) is 19.4 Å². The number of nitrogens with two attached hydrogens (primary N) is 1. The first-order valence-electron chi connectivity index (χ1n) is 4.75. The first kappa shape index (κ1) is 12.1. The number of halogens is 1. The molecule has 1 unspecified atom stereocenters. The van der Waals surface area contributed by atoms with Gasteiger partial charge in [0, 0.05) is 11.6 Å². The van der Waals surface area contributed by atoms with Gasteiger partial charge in [0.25, 0.3) is 0 Å². The standard InChI is InChI=1S/C11H16ClNO2/c1-7(13)6-8-10(14-2)5-4-9(12)11(8)15-3/h4-5,7H,6,13H2,1-3H3. The van der Waals surface area contributed by atoms with Crippen LogP contribution in [0.1, 0.15) is 12.5 Å². The van der Waals surface area contributed by atoms with Gasteiger partial charge in [0.2, 0.25) is 0 Å². The second-order valence-electron chi connectivity index (χ2n) is 3.44. The van der Waals surface area contributed by atoms with Crippen LogP contribution in [0.4, 0.5) is 0 Å². The maximum atomic E-state index is 6.02. The summed E-state index contributed by atoms with van der Waals surface area (Å²) in [5, 5.41) is 0.578. The summed E-state index contributed by atoms with van der Waals surface area (Å²) in [5.74, 6) is 1.40. The Morgan fingerprint density at radius 3 is 2.47 bits per heavy atom. The van der Waals surface area contributed by atoms with E-state index in [1.807, 2.05) is 13.0 Å². The molecule has 1 aromatic carbocycles. The molecule has 0 radical (unpaired) electrons. The van der Waals surface area contributed by atoms with E-state index < -0.39 is 0 Å². The van der Waals surface area contributed by atoms with E-state index in [4.69, 9.17) is 26.8 Å². The molecule has 2 N–H and O–H groups in total. The molecule has 1 atom stereocenters. The van der Waals surface area contributed by atoms with E-state index in [9.17, 15) is 0 Å². The van der Waals surface area contributed by atoms with Gasteiger partial charge in [-0.15, -0.1) is 0 Å². The predicted molar refractivity (Wildman–Crippen MR) is 61.9 cm³/mol. The minimum absolute atomic E-state index is 0.0336. The van der Waals surface area contributed by atoms with Crippen molar-refractivity contribution in [1.29, 1.82) is 0 Å². The van der Waals surface area contributed by atoms with Gasteiger partial charge in [-0.2, -0.15) is 0 Å². The van der Waals surface area contributed by atoms with Gasteiger partial charge < -0.3 is 15.2 Å². The highest BCUT2D eigenvalue weighted by Gasteiger charge is 2.14. The number of ether oxygens (including phenoxy) is 2. The molecule has 3 nitrogen and oxygen atoms in total. The maximum Gasteiger partial charge on any atom is 0.144 e. The molecule has 1 rings (SSSR count). The molecule has 0 aliphatic carbocycles. The van der Waals surface area contributed by atoms with E-state index in [1.54, 1.807) is 20.3 Å². The monoisotopic (exact) mass is 229 g/mol. The van der Waals surface area contributed by atoms with E-state index >= 15 is 0 Å². The Morgan fingerprint density at radius 2 is 2.00 bits per heavy atom. The molecule has 0 aromatic heterocycles. The minimum atomic E-state index is 0.0336. The summed E-state index contributed by atoms with van der Waals surface area (Å²) in [6.07, 6.45) is 0.674. The van der Waals surface area contributed by atoms with E-state index in [2.05, 4.69) is 0 Å². The number of rotatable bonds is 4. The van der Waals surface area contributed by atoms with Crippen molar-refractivity contribution < 1.29 is 9.47 Å². The lowest BCUT2D eigenvalue weighted by Gasteiger charge is -2.15. The SMILES string of the molecule is COc1ccc(Cl)c(OC)c1CC(C)N. The molecule has 0 bridgehead atoms. The Hall–Kier alpha value is -0.930. The summed E-state index contributed by atoms with van der Waals surface area (Å²) in [4.78, 5) is 0. The smallest absolute Gasteiger partial charge is 0.144 e. The van der Waals surface area contributed by atoms with Crippen molar-refractivity contribution in [1.82, 2.24) is 0 Å². The van der Waals surface area contributed by atoms with E-state index in [0.29, 0.717) is 17.2 Å². The van der Waals surface area contributed by atoms with Crippen molar-refractivity contribution in [3.63, 3.8) is 0 Å². The lowest BCUT2D eigenvalue weighted by Crippen LogP contribution is -2.18. The Kier molecular flexibility index (Phi) is 4.24. The summed E-state index contributed by atoms with van der Waals surface area (Å²) < 4.78 is 10.5. The fraction of sp³-hybridized carbons (Fsp3) is 0.455. The van der Waals surface area contributed by atoms with Gasteiger partial charge in [-0.05, 0) is 25.5 Å². The Balaban J connectivity index is 3.21. The third kappa shape index (κ3) is 2.76. The summed E-state index contributed by atoms with van der Waals surface area (Å²) >= 11 is 6.02. The second-order valence-corrected chi connectivity index (χ2v) is 3.85. The topological polar surface area (TPSA) is 44.5 Å². The molecule has 0 aliphatic heterocycles. The molecule has 4 heteroatoms. The van der Waals surface area contributed by atoms with Crippen LogP contribution in [0.3, 0.4) is 0 Å². The molecule has 0 amide bonds. The summed E-state index contributed by atoms with van der Waals surface area (Å²) in [6.45, 7) is 1.93. The number of benzene rings is 1. The van der Waals surface area contributed by atoms with Gasteiger partial charge in [-0.1, -0.05) is 11.6 Å². The van der Waals surface area contributed by atoms with Crippen LogP contribution >= 0.6 is 11.6 Å². The number of methoxy groups -OCH3 is 2. The van der Waals surface area contributed by atoms with Crippen molar-refractivity contribution >= 4 is 11.6 Å². The second kappa shape index (κ2) is 5.24. The Morgan fingerprint density at radius 1 is 1.33 bits per heavy atom. The molecule has 0 heterocycles. The first-order chi connectivity index (χ1) is 7.10. The molecule has 1 aromatic rings. The van der Waals surface area contributed by atoms with Crippen molar-refractivity contribution in [2.24, 2.45) is 5.73 Å². The van der Waals surface area contributed by atoms with Crippen molar-refractivity contribution in [3.8, 4) is 11.5 Å². The normalized spacial score (nSPS) is 12.3. The molecule has 0 aliphatic rings. The van der Waals surface area contributed by atoms with E-state index in [1.165, 1.54) is 0 Å². The molecule has 0 saturated heterocycles. The average Bonchev–Trinajstić information content (AvgIpc) is 2.18. The van der Waals surface area contributed by atoms with Gasteiger partial charge in [0.15, 0.2) is 0 Å².